The van der Waals surface area contributed by atoms with Crippen molar-refractivity contribution in [1.82, 2.24) is 9.97 Å². The highest BCUT2D eigenvalue weighted by Gasteiger charge is 2.37. The van der Waals surface area contributed by atoms with E-state index >= 15 is 0 Å². The zero-order chi connectivity index (χ0) is 36.4. The molecule has 0 bridgehead atoms. The Kier molecular flexibility index (Phi) is 7.78. The summed E-state index contributed by atoms with van der Waals surface area (Å²) in [4.78, 5) is 51.3. The van der Waals surface area contributed by atoms with Crippen LogP contribution >= 0.6 is 0 Å². The van der Waals surface area contributed by atoms with Gasteiger partial charge in [0.1, 0.15) is 17.3 Å². The second-order valence-corrected chi connectivity index (χ2v) is 12.9. The minimum atomic E-state index is -0.871. The molecule has 0 aliphatic heterocycles. The number of ether oxygens (including phenoxy) is 3. The first kappa shape index (κ1) is 32.7. The molecular formula is C41H34N4O7. The number of carbonyl (C=O) groups is 1. The fourth-order valence-electron chi connectivity index (χ4n) is 8.01. The molecule has 52 heavy (non-hydrogen) atoms. The molecule has 1 aliphatic carbocycles. The summed E-state index contributed by atoms with van der Waals surface area (Å²) in [6, 6.07) is 14.0. The molecule has 2 heterocycles. The molecule has 11 heteroatoms. The van der Waals surface area contributed by atoms with Gasteiger partial charge in [-0.3, -0.25) is 24.4 Å². The second kappa shape index (κ2) is 12.4. The summed E-state index contributed by atoms with van der Waals surface area (Å²) in [6.45, 7) is 3.93. The van der Waals surface area contributed by atoms with E-state index in [1.54, 1.807) is 12.4 Å². The maximum Gasteiger partial charge on any atom is 0.194 e. The Morgan fingerprint density at radius 3 is 1.81 bits per heavy atom. The lowest BCUT2D eigenvalue weighted by molar-refractivity contribution is -0.117. The molecule has 3 N–H and O–H groups in total. The highest BCUT2D eigenvalue weighted by molar-refractivity contribution is 6.40. The quantitative estimate of drug-likeness (QED) is 0.103. The number of rotatable bonds is 10. The molecular weight excluding hydrogens is 660 g/mol. The molecule has 7 aromatic rings. The van der Waals surface area contributed by atoms with Crippen molar-refractivity contribution in [2.24, 2.45) is 0 Å². The van der Waals surface area contributed by atoms with Crippen LogP contribution in [-0.4, -0.2) is 42.2 Å². The van der Waals surface area contributed by atoms with Gasteiger partial charge in [0.2, 0.25) is 0 Å². The smallest absolute Gasteiger partial charge is 0.194 e. The number of nitrogens with one attached hydrogen (secondary N) is 2. The lowest BCUT2D eigenvalue weighted by Gasteiger charge is -2.26. The van der Waals surface area contributed by atoms with Crippen LogP contribution in [-0.2, 0) is 17.9 Å². The van der Waals surface area contributed by atoms with Crippen LogP contribution in [0.5, 0.6) is 23.0 Å². The molecule has 0 spiro atoms. The lowest BCUT2D eigenvalue weighted by Crippen LogP contribution is -2.15. The zero-order valence-corrected chi connectivity index (χ0v) is 29.1. The molecule has 0 saturated carbocycles. The predicted molar refractivity (Wildman–Crippen MR) is 203 cm³/mol. The number of phenolic OH excluding ortho intramolecular Hbond substituents is 1. The lowest BCUT2D eigenvalue weighted by atomic mass is 9.80. The van der Waals surface area contributed by atoms with Gasteiger partial charge in [0.15, 0.2) is 22.4 Å². The van der Waals surface area contributed by atoms with E-state index in [0.29, 0.717) is 72.3 Å². The van der Waals surface area contributed by atoms with Crippen LogP contribution in [0.25, 0.3) is 49.2 Å². The van der Waals surface area contributed by atoms with Gasteiger partial charge in [-0.25, -0.2) is 0 Å². The fraction of sp³-hybridized carbons (Fsp3) is 0.195. The minimum absolute atomic E-state index is 0.00612. The SMILES string of the molecule is COc1c(O)c2c(=O)cc(OC)c3c4c(OC)cc(=O)c5c(NCc6ccccn6)c(NCc6ccccn6)c6c(c(c1C(C(C)=O)C(C)=C6)c23)c54. The van der Waals surface area contributed by atoms with Crippen LogP contribution in [0.2, 0.25) is 0 Å². The van der Waals surface area contributed by atoms with E-state index in [-0.39, 0.29) is 46.1 Å². The van der Waals surface area contributed by atoms with Gasteiger partial charge in [-0.2, -0.15) is 0 Å². The zero-order valence-electron chi connectivity index (χ0n) is 29.1. The molecule has 0 fully saturated rings. The minimum Gasteiger partial charge on any atom is -0.504 e. The van der Waals surface area contributed by atoms with Crippen molar-refractivity contribution in [1.29, 1.82) is 0 Å². The van der Waals surface area contributed by atoms with Gasteiger partial charge in [-0.1, -0.05) is 23.8 Å². The first-order valence-electron chi connectivity index (χ1n) is 16.7. The van der Waals surface area contributed by atoms with Crippen LogP contribution in [0.15, 0.2) is 76.1 Å². The van der Waals surface area contributed by atoms with Crippen molar-refractivity contribution in [2.75, 3.05) is 32.0 Å². The number of ketones is 1. The first-order chi connectivity index (χ1) is 25.2. The molecule has 8 rings (SSSR count). The van der Waals surface area contributed by atoms with E-state index in [1.165, 1.54) is 40.4 Å². The van der Waals surface area contributed by atoms with Crippen molar-refractivity contribution in [3.8, 4) is 23.0 Å². The summed E-state index contributed by atoms with van der Waals surface area (Å²) in [5.74, 6) is -0.950. The fourth-order valence-corrected chi connectivity index (χ4v) is 8.01. The number of anilines is 2. The Balaban J connectivity index is 1.68. The third-order valence-corrected chi connectivity index (χ3v) is 10.0. The Morgan fingerprint density at radius 1 is 0.731 bits per heavy atom. The summed E-state index contributed by atoms with van der Waals surface area (Å²) in [6.07, 6.45) is 5.36. The number of fused-ring (bicyclic) bond motifs is 1. The summed E-state index contributed by atoms with van der Waals surface area (Å²) in [7, 11) is 4.34. The number of hydrogen-bond donors (Lipinski definition) is 3. The normalized spacial score (nSPS) is 13.9. The van der Waals surface area contributed by atoms with Gasteiger partial charge in [-0.15, -0.1) is 0 Å². The molecule has 2 aromatic heterocycles. The summed E-state index contributed by atoms with van der Waals surface area (Å²) < 4.78 is 17.7. The molecule has 0 amide bonds. The van der Waals surface area contributed by atoms with Crippen molar-refractivity contribution in [3.63, 3.8) is 0 Å². The third-order valence-electron chi connectivity index (χ3n) is 10.0. The number of hydrogen-bond acceptors (Lipinski definition) is 11. The van der Waals surface area contributed by atoms with Crippen LogP contribution < -0.4 is 35.7 Å². The molecule has 11 nitrogen and oxygen atoms in total. The highest BCUT2D eigenvalue weighted by atomic mass is 16.5. The van der Waals surface area contributed by atoms with Crippen LogP contribution in [0.4, 0.5) is 11.4 Å². The molecule has 1 atom stereocenters. The number of aromatic nitrogens is 2. The average Bonchev–Trinajstić information content (AvgIpc) is 3.28. The van der Waals surface area contributed by atoms with Gasteiger partial charge in [0.25, 0.3) is 0 Å². The predicted octanol–water partition coefficient (Wildman–Crippen LogP) is 6.73. The number of carbonyl (C=O) groups excluding carboxylic acids is 1. The van der Waals surface area contributed by atoms with Gasteiger partial charge in [-0.05, 0) is 43.5 Å². The molecule has 0 radical (unpaired) electrons. The summed E-state index contributed by atoms with van der Waals surface area (Å²) in [5, 5.41) is 22.3. The highest BCUT2D eigenvalue weighted by Crippen LogP contribution is 2.58. The van der Waals surface area contributed by atoms with E-state index in [1.807, 2.05) is 49.4 Å². The summed E-state index contributed by atoms with van der Waals surface area (Å²) >= 11 is 0. The van der Waals surface area contributed by atoms with Crippen molar-refractivity contribution in [2.45, 2.75) is 32.9 Å². The standard InChI is InChI=1S/C41H34N4O7/c1-19-14-23-29-34-30(39(45-18-22-11-7-9-13-43-22)38(23)44-17-21-10-6-8-12-42-21)24(47)15-26(50-3)32(34)33-27(51-4)16-25(48)31-36(33)35(29)37(28(19)20(2)46)41(52-5)40(31)49/h6-16,28,44-45,49H,17-18H2,1-5H3. The number of methoxy groups -OCH3 is 3. The number of benzene rings is 5. The van der Waals surface area contributed by atoms with Crippen molar-refractivity contribution >= 4 is 66.3 Å². The second-order valence-electron chi connectivity index (χ2n) is 12.9. The molecule has 5 aromatic carbocycles. The number of nitrogens with zero attached hydrogens (tertiary/aromatic N) is 2. The van der Waals surface area contributed by atoms with Gasteiger partial charge in [0, 0.05) is 62.6 Å². The maximum absolute atomic E-state index is 14.5. The largest absolute Gasteiger partial charge is 0.504 e. The number of phenols is 1. The molecule has 260 valence electrons. The van der Waals surface area contributed by atoms with E-state index in [0.717, 1.165) is 11.4 Å². The van der Waals surface area contributed by atoms with E-state index in [4.69, 9.17) is 14.2 Å². The Bertz CT molecular complexity index is 2730. The van der Waals surface area contributed by atoms with Gasteiger partial charge < -0.3 is 30.0 Å². The van der Waals surface area contributed by atoms with Gasteiger partial charge in [0.05, 0.1) is 73.9 Å². The Morgan fingerprint density at radius 2 is 1.29 bits per heavy atom. The van der Waals surface area contributed by atoms with E-state index in [2.05, 4.69) is 20.6 Å². The Labute approximate surface area is 297 Å². The third kappa shape index (κ3) is 4.69. The number of pyridine rings is 2. The number of allylic oxidation sites excluding steroid dienone is 1. The molecule has 1 unspecified atom stereocenters. The van der Waals surface area contributed by atoms with Crippen LogP contribution in [0.1, 0.15) is 42.3 Å². The number of aromatic hydroxyl groups is 1. The maximum atomic E-state index is 14.5. The van der Waals surface area contributed by atoms with Crippen molar-refractivity contribution < 1.29 is 24.1 Å². The molecule has 1 aliphatic rings. The number of Topliss-reactive ketones (excluding diaryl/α,β-unsaturated/α-hetero) is 1. The topological polar surface area (TPSA) is 149 Å². The summed E-state index contributed by atoms with van der Waals surface area (Å²) in [5.41, 5.74) is 3.52. The van der Waals surface area contributed by atoms with Crippen molar-refractivity contribution in [3.05, 3.63) is 109 Å². The first-order valence-corrected chi connectivity index (χ1v) is 16.7. The Hall–Kier alpha value is -6.49. The van der Waals surface area contributed by atoms with Crippen LogP contribution in [0.3, 0.4) is 0 Å². The average molecular weight is 695 g/mol. The van der Waals surface area contributed by atoms with Gasteiger partial charge >= 0.3 is 0 Å². The molecule has 0 saturated heterocycles. The van der Waals surface area contributed by atoms with E-state index in [9.17, 15) is 19.5 Å². The van der Waals surface area contributed by atoms with Crippen LogP contribution in [0, 0.1) is 0 Å². The van der Waals surface area contributed by atoms with E-state index < -0.39 is 11.3 Å². The monoisotopic (exact) mass is 694 g/mol.